The predicted molar refractivity (Wildman–Crippen MR) is 123 cm³/mol. The van der Waals surface area contributed by atoms with E-state index in [1.165, 1.54) is 10.6 Å². The number of carbonyl (C=O) groups excluding carboxylic acids is 1. The van der Waals surface area contributed by atoms with Crippen molar-refractivity contribution in [3.8, 4) is 11.5 Å². The van der Waals surface area contributed by atoms with Crippen molar-refractivity contribution in [2.45, 2.75) is 39.7 Å². The molecule has 0 heterocycles. The fourth-order valence-corrected chi connectivity index (χ4v) is 4.28. The SMILES string of the molecule is COc1ccc(OC)c(C(C)NC(=O)CCCN(c2ccc(C)c(C)c2)S(C)(=O)=O)c1. The van der Waals surface area contributed by atoms with Gasteiger partial charge >= 0.3 is 0 Å². The van der Waals surface area contributed by atoms with Gasteiger partial charge in [-0.2, -0.15) is 0 Å². The normalized spacial score (nSPS) is 12.2. The summed E-state index contributed by atoms with van der Waals surface area (Å²) in [5, 5.41) is 2.95. The number of ether oxygens (including phenoxy) is 2. The maximum atomic E-state index is 12.5. The quantitative estimate of drug-likeness (QED) is 0.598. The molecule has 0 spiro atoms. The maximum Gasteiger partial charge on any atom is 0.232 e. The summed E-state index contributed by atoms with van der Waals surface area (Å²) in [6.07, 6.45) is 1.78. The van der Waals surface area contributed by atoms with Gasteiger partial charge in [-0.1, -0.05) is 6.07 Å². The smallest absolute Gasteiger partial charge is 0.232 e. The molecular formula is C23H32N2O5S. The molecule has 0 fully saturated rings. The van der Waals surface area contributed by atoms with Crippen molar-refractivity contribution in [1.82, 2.24) is 5.32 Å². The lowest BCUT2D eigenvalue weighted by atomic mass is 10.1. The van der Waals surface area contributed by atoms with Gasteiger partial charge in [-0.3, -0.25) is 9.10 Å². The summed E-state index contributed by atoms with van der Waals surface area (Å²) in [6.45, 7) is 6.02. The van der Waals surface area contributed by atoms with Gasteiger partial charge in [0.15, 0.2) is 0 Å². The third-order valence-corrected chi connectivity index (χ3v) is 6.42. The van der Waals surface area contributed by atoms with Crippen LogP contribution in [-0.4, -0.2) is 41.3 Å². The molecule has 1 unspecified atom stereocenters. The van der Waals surface area contributed by atoms with E-state index in [4.69, 9.17) is 9.47 Å². The molecule has 2 rings (SSSR count). The standard InChI is InChI=1S/C23H32N2O5S/c1-16-9-10-19(14-17(16)2)25(31(6,27)28)13-7-8-23(26)24-18(3)21-15-20(29-4)11-12-22(21)30-5/h9-12,14-15,18H,7-8,13H2,1-6H3,(H,24,26). The van der Waals surface area contributed by atoms with Crippen LogP contribution >= 0.6 is 0 Å². The number of methoxy groups -OCH3 is 2. The minimum atomic E-state index is -3.46. The van der Waals surface area contributed by atoms with Crippen LogP contribution in [0, 0.1) is 13.8 Å². The van der Waals surface area contributed by atoms with Gasteiger partial charge < -0.3 is 14.8 Å². The molecule has 0 saturated carbocycles. The molecule has 0 aliphatic heterocycles. The Labute approximate surface area is 185 Å². The number of sulfonamides is 1. The molecule has 31 heavy (non-hydrogen) atoms. The van der Waals surface area contributed by atoms with Crippen LogP contribution in [0.25, 0.3) is 0 Å². The first-order valence-corrected chi connectivity index (χ1v) is 12.0. The van der Waals surface area contributed by atoms with E-state index in [-0.39, 0.29) is 24.9 Å². The zero-order valence-electron chi connectivity index (χ0n) is 19.1. The zero-order valence-corrected chi connectivity index (χ0v) is 19.9. The topological polar surface area (TPSA) is 84.9 Å². The van der Waals surface area contributed by atoms with Gasteiger partial charge in [0, 0.05) is 18.5 Å². The number of nitrogens with one attached hydrogen (secondary N) is 1. The van der Waals surface area contributed by atoms with E-state index in [1.807, 2.05) is 39.0 Å². The monoisotopic (exact) mass is 448 g/mol. The highest BCUT2D eigenvalue weighted by atomic mass is 32.2. The summed E-state index contributed by atoms with van der Waals surface area (Å²) in [7, 11) is -0.300. The van der Waals surface area contributed by atoms with Crippen LogP contribution < -0.4 is 19.1 Å². The Kier molecular flexibility index (Phi) is 8.33. The molecule has 8 heteroatoms. The number of benzene rings is 2. The third kappa shape index (κ3) is 6.62. The molecule has 7 nitrogen and oxygen atoms in total. The molecule has 1 N–H and O–H groups in total. The van der Waals surface area contributed by atoms with E-state index in [0.29, 0.717) is 23.6 Å². The molecule has 1 amide bonds. The van der Waals surface area contributed by atoms with Gasteiger partial charge in [-0.15, -0.1) is 0 Å². The minimum absolute atomic E-state index is 0.161. The summed E-state index contributed by atoms with van der Waals surface area (Å²) in [5.41, 5.74) is 3.53. The molecular weight excluding hydrogens is 416 g/mol. The van der Waals surface area contributed by atoms with Crippen molar-refractivity contribution >= 4 is 21.6 Å². The molecule has 0 aliphatic rings. The van der Waals surface area contributed by atoms with E-state index in [1.54, 1.807) is 32.4 Å². The number of amides is 1. The molecule has 0 aromatic heterocycles. The molecule has 0 aliphatic carbocycles. The first kappa shape index (κ1) is 24.5. The number of rotatable bonds is 10. The Bertz CT molecular complexity index is 1020. The number of nitrogens with zero attached hydrogens (tertiary/aromatic N) is 1. The summed E-state index contributed by atoms with van der Waals surface area (Å²) in [4.78, 5) is 12.5. The number of anilines is 1. The number of carbonyl (C=O) groups is 1. The van der Waals surface area contributed by atoms with Crippen LogP contribution in [0.4, 0.5) is 5.69 Å². The van der Waals surface area contributed by atoms with Crippen LogP contribution in [-0.2, 0) is 14.8 Å². The highest BCUT2D eigenvalue weighted by molar-refractivity contribution is 7.92. The van der Waals surface area contributed by atoms with E-state index in [2.05, 4.69) is 5.32 Å². The van der Waals surface area contributed by atoms with E-state index in [0.717, 1.165) is 16.7 Å². The van der Waals surface area contributed by atoms with Gasteiger partial charge in [0.25, 0.3) is 0 Å². The Morgan fingerprint density at radius 2 is 1.77 bits per heavy atom. The van der Waals surface area contributed by atoms with E-state index in [9.17, 15) is 13.2 Å². The lowest BCUT2D eigenvalue weighted by molar-refractivity contribution is -0.121. The molecule has 2 aromatic rings. The molecule has 1 atom stereocenters. The highest BCUT2D eigenvalue weighted by Crippen LogP contribution is 2.29. The van der Waals surface area contributed by atoms with Crippen LogP contribution in [0.1, 0.15) is 42.5 Å². The summed E-state index contributed by atoms with van der Waals surface area (Å²) in [5.74, 6) is 1.17. The van der Waals surface area contributed by atoms with Gasteiger partial charge in [0.2, 0.25) is 15.9 Å². The largest absolute Gasteiger partial charge is 0.497 e. The Morgan fingerprint density at radius 1 is 1.06 bits per heavy atom. The van der Waals surface area contributed by atoms with Crippen LogP contribution in [0.2, 0.25) is 0 Å². The minimum Gasteiger partial charge on any atom is -0.497 e. The predicted octanol–water partition coefficient (Wildman–Crippen LogP) is 3.74. The molecule has 0 saturated heterocycles. The van der Waals surface area contributed by atoms with E-state index >= 15 is 0 Å². The van der Waals surface area contributed by atoms with Gasteiger partial charge in [-0.25, -0.2) is 8.42 Å². The second-order valence-corrected chi connectivity index (χ2v) is 9.51. The fraction of sp³-hybridized carbons (Fsp3) is 0.435. The van der Waals surface area contributed by atoms with Gasteiger partial charge in [0.1, 0.15) is 11.5 Å². The summed E-state index contributed by atoms with van der Waals surface area (Å²) in [6, 6.07) is 10.7. The van der Waals surface area contributed by atoms with E-state index < -0.39 is 10.0 Å². The molecule has 0 bridgehead atoms. The first-order chi connectivity index (χ1) is 14.6. The van der Waals surface area contributed by atoms with Crippen molar-refractivity contribution in [2.24, 2.45) is 0 Å². The van der Waals surface area contributed by atoms with Crippen LogP contribution in [0.15, 0.2) is 36.4 Å². The second-order valence-electron chi connectivity index (χ2n) is 7.60. The second kappa shape index (κ2) is 10.5. The average molecular weight is 449 g/mol. The van der Waals surface area contributed by atoms with Crippen molar-refractivity contribution in [3.05, 3.63) is 53.1 Å². The Balaban J connectivity index is 2.02. The van der Waals surface area contributed by atoms with Crippen molar-refractivity contribution in [1.29, 1.82) is 0 Å². The van der Waals surface area contributed by atoms with Crippen molar-refractivity contribution in [3.63, 3.8) is 0 Å². The van der Waals surface area contributed by atoms with Crippen molar-refractivity contribution in [2.75, 3.05) is 31.3 Å². The van der Waals surface area contributed by atoms with Gasteiger partial charge in [-0.05, 0) is 68.7 Å². The summed E-state index contributed by atoms with van der Waals surface area (Å²) >= 11 is 0. The molecule has 2 aromatic carbocycles. The molecule has 170 valence electrons. The highest BCUT2D eigenvalue weighted by Gasteiger charge is 2.19. The number of hydrogen-bond donors (Lipinski definition) is 1. The lowest BCUT2D eigenvalue weighted by Crippen LogP contribution is -2.32. The van der Waals surface area contributed by atoms with Crippen molar-refractivity contribution < 1.29 is 22.7 Å². The number of aryl methyl sites for hydroxylation is 2. The maximum absolute atomic E-state index is 12.5. The Morgan fingerprint density at radius 3 is 2.35 bits per heavy atom. The van der Waals surface area contributed by atoms with Crippen LogP contribution in [0.3, 0.4) is 0 Å². The lowest BCUT2D eigenvalue weighted by Gasteiger charge is -2.23. The number of hydrogen-bond acceptors (Lipinski definition) is 5. The zero-order chi connectivity index (χ0) is 23.2. The third-order valence-electron chi connectivity index (χ3n) is 5.22. The average Bonchev–Trinajstić information content (AvgIpc) is 2.71. The summed E-state index contributed by atoms with van der Waals surface area (Å²) < 4.78 is 36.6. The fourth-order valence-electron chi connectivity index (χ4n) is 3.32. The molecule has 0 radical (unpaired) electrons. The van der Waals surface area contributed by atoms with Gasteiger partial charge in [0.05, 0.1) is 32.2 Å². The first-order valence-electron chi connectivity index (χ1n) is 10.1. The van der Waals surface area contributed by atoms with Crippen LogP contribution in [0.5, 0.6) is 11.5 Å². The Hall–Kier alpha value is -2.74.